The number of rotatable bonds is 4. The molecule has 8 heteroatoms. The van der Waals surface area contributed by atoms with Crippen LogP contribution in [0, 0.1) is 5.92 Å². The molecule has 1 aromatic carbocycles. The molecule has 0 radical (unpaired) electrons. The summed E-state index contributed by atoms with van der Waals surface area (Å²) in [4.78, 5) is 38.5. The third-order valence-electron chi connectivity index (χ3n) is 6.73. The Hall–Kier alpha value is -3.00. The molecule has 3 atom stereocenters. The van der Waals surface area contributed by atoms with E-state index in [1.165, 1.54) is 5.56 Å². The summed E-state index contributed by atoms with van der Waals surface area (Å²) in [6, 6.07) is 13.2. The molecule has 1 saturated heterocycles. The van der Waals surface area contributed by atoms with Gasteiger partial charge in [0.15, 0.2) is 0 Å². The maximum Gasteiger partial charge on any atom is 0.272 e. The third kappa shape index (κ3) is 5.06. The minimum atomic E-state index is -0.164. The van der Waals surface area contributed by atoms with Gasteiger partial charge < -0.3 is 15.5 Å². The number of aliphatic imine (C=N–C) groups is 1. The van der Waals surface area contributed by atoms with Gasteiger partial charge in [-0.05, 0) is 61.6 Å². The number of nitrogens with two attached hydrogens (primary N) is 1. The number of carbonyl (C=O) groups excluding carboxylic acids is 2. The summed E-state index contributed by atoms with van der Waals surface area (Å²) in [5.41, 5.74) is 8.84. The zero-order chi connectivity index (χ0) is 24.4. The highest BCUT2D eigenvalue weighted by Crippen LogP contribution is 2.33. The molecule has 0 saturated carbocycles. The number of amides is 2. The Morgan fingerprint density at radius 3 is 2.59 bits per heavy atom. The standard InChI is InChI=1S/C26H30BrN5O2/c1-16-12-20(18(3)19-6-4-7-21(27)13-19)14-29-24(16)26(34)31-10-11-32(17(2)15-31)25(33)22-8-5-9-23(28)30-22/h4-9,13-14,17-18,20H,10-12,15H2,1-3H3,(H2,28,30). The van der Waals surface area contributed by atoms with Crippen LogP contribution in [0.4, 0.5) is 5.82 Å². The summed E-state index contributed by atoms with van der Waals surface area (Å²) in [5, 5.41) is 0. The number of hydrogen-bond donors (Lipinski definition) is 1. The quantitative estimate of drug-likeness (QED) is 0.647. The number of piperazine rings is 1. The maximum atomic E-state index is 13.3. The third-order valence-corrected chi connectivity index (χ3v) is 7.22. The van der Waals surface area contributed by atoms with E-state index in [-0.39, 0.29) is 23.8 Å². The van der Waals surface area contributed by atoms with E-state index < -0.39 is 0 Å². The Morgan fingerprint density at radius 2 is 1.91 bits per heavy atom. The van der Waals surface area contributed by atoms with E-state index in [0.29, 0.717) is 42.8 Å². The number of hydrogen-bond acceptors (Lipinski definition) is 5. The monoisotopic (exact) mass is 523 g/mol. The average Bonchev–Trinajstić information content (AvgIpc) is 2.82. The Balaban J connectivity index is 1.40. The topological polar surface area (TPSA) is 91.9 Å². The van der Waals surface area contributed by atoms with Crippen LogP contribution in [-0.4, -0.2) is 58.5 Å². The molecule has 2 amide bonds. The van der Waals surface area contributed by atoms with Crippen molar-refractivity contribution in [3.8, 4) is 0 Å². The number of allylic oxidation sites excluding steroid dienone is 1. The summed E-state index contributed by atoms with van der Waals surface area (Å²) in [5.74, 6) is 0.622. The Labute approximate surface area is 208 Å². The van der Waals surface area contributed by atoms with Gasteiger partial charge in [-0.15, -0.1) is 0 Å². The molecule has 2 aliphatic heterocycles. The molecule has 1 fully saturated rings. The predicted molar refractivity (Wildman–Crippen MR) is 138 cm³/mol. The van der Waals surface area contributed by atoms with Gasteiger partial charge in [0.2, 0.25) is 0 Å². The lowest BCUT2D eigenvalue weighted by molar-refractivity contribution is -0.129. The van der Waals surface area contributed by atoms with Crippen molar-refractivity contribution in [1.82, 2.24) is 14.8 Å². The molecule has 3 unspecified atom stereocenters. The number of nitrogen functional groups attached to an aromatic ring is 1. The first kappa shape index (κ1) is 24.1. The zero-order valence-electron chi connectivity index (χ0n) is 19.7. The molecule has 7 nitrogen and oxygen atoms in total. The average molecular weight is 524 g/mol. The van der Waals surface area contributed by atoms with Crippen molar-refractivity contribution in [2.24, 2.45) is 10.9 Å². The molecule has 34 heavy (non-hydrogen) atoms. The van der Waals surface area contributed by atoms with Crippen LogP contribution in [-0.2, 0) is 4.79 Å². The lowest BCUT2D eigenvalue weighted by atomic mass is 9.82. The molecule has 4 rings (SSSR count). The molecule has 0 aliphatic carbocycles. The normalized spacial score (nSPS) is 21.5. The number of nitrogens with zero attached hydrogens (tertiary/aromatic N) is 4. The highest BCUT2D eigenvalue weighted by Gasteiger charge is 2.33. The first-order chi connectivity index (χ1) is 16.2. The number of aromatic nitrogens is 1. The van der Waals surface area contributed by atoms with Gasteiger partial charge in [0.25, 0.3) is 11.8 Å². The van der Waals surface area contributed by atoms with Gasteiger partial charge in [-0.3, -0.25) is 14.6 Å². The van der Waals surface area contributed by atoms with E-state index in [4.69, 9.17) is 5.73 Å². The fourth-order valence-electron chi connectivity index (χ4n) is 4.68. The van der Waals surface area contributed by atoms with Crippen LogP contribution in [0.5, 0.6) is 0 Å². The van der Waals surface area contributed by atoms with E-state index in [1.807, 2.05) is 32.2 Å². The smallest absolute Gasteiger partial charge is 0.272 e. The molecule has 0 bridgehead atoms. The molecule has 1 aromatic heterocycles. The molecule has 0 spiro atoms. The van der Waals surface area contributed by atoms with Gasteiger partial charge in [-0.1, -0.05) is 41.1 Å². The summed E-state index contributed by atoms with van der Waals surface area (Å²) in [6.45, 7) is 7.51. The minimum absolute atomic E-state index is 0.0664. The molecule has 178 valence electrons. The van der Waals surface area contributed by atoms with Gasteiger partial charge in [-0.25, -0.2) is 4.98 Å². The minimum Gasteiger partial charge on any atom is -0.384 e. The number of pyridine rings is 1. The fraction of sp³-hybridized carbons (Fsp3) is 0.385. The van der Waals surface area contributed by atoms with Gasteiger partial charge in [0.1, 0.15) is 17.2 Å². The van der Waals surface area contributed by atoms with Crippen molar-refractivity contribution in [2.45, 2.75) is 39.2 Å². The van der Waals surface area contributed by atoms with Crippen molar-refractivity contribution in [3.05, 3.63) is 69.5 Å². The number of halogens is 1. The summed E-state index contributed by atoms with van der Waals surface area (Å²) >= 11 is 3.55. The van der Waals surface area contributed by atoms with Crippen LogP contribution in [0.15, 0.2) is 63.2 Å². The number of anilines is 1. The SMILES string of the molecule is CC1=C(C(=O)N2CCN(C(=O)c3cccc(N)n3)C(C)C2)N=CC(C(C)c2cccc(Br)c2)C1. The van der Waals surface area contributed by atoms with Crippen LogP contribution in [0.25, 0.3) is 0 Å². The van der Waals surface area contributed by atoms with E-state index in [2.05, 4.69) is 45.0 Å². The molecule has 2 aromatic rings. The van der Waals surface area contributed by atoms with Crippen molar-refractivity contribution >= 4 is 39.8 Å². The lowest BCUT2D eigenvalue weighted by Gasteiger charge is -2.40. The van der Waals surface area contributed by atoms with Crippen LogP contribution in [0.3, 0.4) is 0 Å². The Kier molecular flexibility index (Phi) is 7.16. The van der Waals surface area contributed by atoms with Crippen LogP contribution < -0.4 is 5.73 Å². The second kappa shape index (κ2) is 10.1. The molecule has 3 heterocycles. The highest BCUT2D eigenvalue weighted by molar-refractivity contribution is 9.10. The molecule has 2 N–H and O–H groups in total. The molecular formula is C26H30BrN5O2. The van der Waals surface area contributed by atoms with Gasteiger partial charge >= 0.3 is 0 Å². The largest absolute Gasteiger partial charge is 0.384 e. The van der Waals surface area contributed by atoms with Crippen LogP contribution in [0.2, 0.25) is 0 Å². The van der Waals surface area contributed by atoms with Gasteiger partial charge in [0, 0.05) is 42.3 Å². The van der Waals surface area contributed by atoms with Crippen LogP contribution in [0.1, 0.15) is 49.2 Å². The van der Waals surface area contributed by atoms with E-state index >= 15 is 0 Å². The van der Waals surface area contributed by atoms with Crippen molar-refractivity contribution in [2.75, 3.05) is 25.4 Å². The van der Waals surface area contributed by atoms with E-state index in [1.54, 1.807) is 28.0 Å². The predicted octanol–water partition coefficient (Wildman–Crippen LogP) is 4.27. The Morgan fingerprint density at radius 1 is 1.15 bits per heavy atom. The number of benzene rings is 1. The highest BCUT2D eigenvalue weighted by atomic mass is 79.9. The zero-order valence-corrected chi connectivity index (χ0v) is 21.3. The van der Waals surface area contributed by atoms with Crippen LogP contribution >= 0.6 is 15.9 Å². The second-order valence-electron chi connectivity index (χ2n) is 9.17. The Bertz CT molecular complexity index is 1160. The summed E-state index contributed by atoms with van der Waals surface area (Å²) < 4.78 is 1.06. The fourth-order valence-corrected chi connectivity index (χ4v) is 5.09. The van der Waals surface area contributed by atoms with Gasteiger partial charge in [0.05, 0.1) is 0 Å². The summed E-state index contributed by atoms with van der Waals surface area (Å²) in [6.07, 6.45) is 2.73. The lowest BCUT2D eigenvalue weighted by Crippen LogP contribution is -2.55. The van der Waals surface area contributed by atoms with Crippen molar-refractivity contribution in [3.63, 3.8) is 0 Å². The van der Waals surface area contributed by atoms with E-state index in [0.717, 1.165) is 16.5 Å². The van der Waals surface area contributed by atoms with Crippen molar-refractivity contribution < 1.29 is 9.59 Å². The first-order valence-electron chi connectivity index (χ1n) is 11.6. The maximum absolute atomic E-state index is 13.3. The van der Waals surface area contributed by atoms with Gasteiger partial charge in [-0.2, -0.15) is 0 Å². The molecule has 2 aliphatic rings. The molecular weight excluding hydrogens is 494 g/mol. The summed E-state index contributed by atoms with van der Waals surface area (Å²) in [7, 11) is 0. The second-order valence-corrected chi connectivity index (χ2v) is 10.1. The first-order valence-corrected chi connectivity index (χ1v) is 12.4. The van der Waals surface area contributed by atoms with E-state index in [9.17, 15) is 9.59 Å². The van der Waals surface area contributed by atoms with Crippen molar-refractivity contribution in [1.29, 1.82) is 0 Å². The number of carbonyl (C=O) groups is 2.